The molecule has 2 aromatic rings. The summed E-state index contributed by atoms with van der Waals surface area (Å²) in [6.07, 6.45) is 1.62. The van der Waals surface area contributed by atoms with Gasteiger partial charge in [0, 0.05) is 18.0 Å². The molecule has 0 spiro atoms. The Morgan fingerprint density at radius 3 is 2.58 bits per heavy atom. The van der Waals surface area contributed by atoms with Crippen LogP contribution in [0.15, 0.2) is 47.4 Å². The molecule has 2 N–H and O–H groups in total. The van der Waals surface area contributed by atoms with Crippen molar-refractivity contribution in [1.82, 2.24) is 4.72 Å². The lowest BCUT2D eigenvalue weighted by Gasteiger charge is -2.33. The Morgan fingerprint density at radius 2 is 1.83 bits per heavy atom. The third-order valence-corrected chi connectivity index (χ3v) is 6.39. The predicted molar refractivity (Wildman–Crippen MR) is 95.1 cm³/mol. The lowest BCUT2D eigenvalue weighted by molar-refractivity contribution is 0.0317. The Labute approximate surface area is 151 Å². The molecular weight excluding hydrogens is 369 g/mol. The molecule has 0 heterocycles. The molecule has 128 valence electrons. The molecule has 0 radical (unpaired) electrons. The highest BCUT2D eigenvalue weighted by Crippen LogP contribution is 2.29. The van der Waals surface area contributed by atoms with Crippen LogP contribution in [0.1, 0.15) is 17.5 Å². The second-order valence-corrected chi connectivity index (χ2v) is 8.65. The molecule has 4 nitrogen and oxygen atoms in total. The van der Waals surface area contributed by atoms with Crippen molar-refractivity contribution >= 4 is 33.2 Å². The minimum absolute atomic E-state index is 0.0769. The van der Waals surface area contributed by atoms with E-state index in [0.717, 1.165) is 5.56 Å². The van der Waals surface area contributed by atoms with Crippen LogP contribution in [0.5, 0.6) is 0 Å². The predicted octanol–water partition coefficient (Wildman–Crippen LogP) is 3.19. The highest BCUT2D eigenvalue weighted by molar-refractivity contribution is 7.89. The summed E-state index contributed by atoms with van der Waals surface area (Å²) in [5.41, 5.74) is 1.13. The molecular formula is C17H17Cl2NO3S. The number of halogens is 2. The number of fused-ring (bicyclic) bond motifs is 1. The van der Waals surface area contributed by atoms with E-state index < -0.39 is 15.6 Å². The molecule has 0 saturated heterocycles. The molecule has 24 heavy (non-hydrogen) atoms. The highest BCUT2D eigenvalue weighted by Gasteiger charge is 2.33. The number of benzene rings is 2. The molecule has 2 aromatic carbocycles. The van der Waals surface area contributed by atoms with Crippen LogP contribution < -0.4 is 4.72 Å². The number of sulfonamides is 1. The number of aliphatic hydroxyl groups is 1. The van der Waals surface area contributed by atoms with Crippen molar-refractivity contribution in [3.05, 3.63) is 63.6 Å². The van der Waals surface area contributed by atoms with Crippen LogP contribution in [0.2, 0.25) is 10.0 Å². The van der Waals surface area contributed by atoms with Gasteiger partial charge in [0.1, 0.15) is 4.90 Å². The molecule has 7 heteroatoms. The normalized spacial score (nSPS) is 20.6. The molecule has 1 unspecified atom stereocenters. The molecule has 0 aromatic heterocycles. The molecule has 0 aliphatic heterocycles. The first kappa shape index (κ1) is 17.7. The van der Waals surface area contributed by atoms with E-state index in [9.17, 15) is 13.5 Å². The second kappa shape index (κ2) is 6.65. The average Bonchev–Trinajstić information content (AvgIpc) is 2.55. The summed E-state index contributed by atoms with van der Waals surface area (Å²) >= 11 is 11.8. The molecule has 0 saturated carbocycles. The molecule has 0 amide bonds. The van der Waals surface area contributed by atoms with Gasteiger partial charge in [0.05, 0.1) is 10.6 Å². The van der Waals surface area contributed by atoms with Gasteiger partial charge >= 0.3 is 0 Å². The number of hydrogen-bond donors (Lipinski definition) is 2. The minimum atomic E-state index is -3.85. The van der Waals surface area contributed by atoms with Crippen molar-refractivity contribution in [2.24, 2.45) is 0 Å². The number of aryl methyl sites for hydroxylation is 1. The number of rotatable bonds is 4. The Kier molecular flexibility index (Phi) is 4.91. The largest absolute Gasteiger partial charge is 0.388 e. The summed E-state index contributed by atoms with van der Waals surface area (Å²) in [5.74, 6) is 0. The van der Waals surface area contributed by atoms with Gasteiger partial charge in [-0.1, -0.05) is 47.5 Å². The van der Waals surface area contributed by atoms with Crippen LogP contribution >= 0.6 is 23.2 Å². The van der Waals surface area contributed by atoms with Crippen LogP contribution in [0.3, 0.4) is 0 Å². The van der Waals surface area contributed by atoms with E-state index in [0.29, 0.717) is 19.3 Å². The van der Waals surface area contributed by atoms with Crippen LogP contribution in [0.25, 0.3) is 0 Å². The maximum atomic E-state index is 12.5. The summed E-state index contributed by atoms with van der Waals surface area (Å²) in [5, 5.41) is 11.1. The van der Waals surface area contributed by atoms with E-state index in [1.165, 1.54) is 23.8 Å². The summed E-state index contributed by atoms with van der Waals surface area (Å²) in [4.78, 5) is -0.0866. The van der Waals surface area contributed by atoms with Gasteiger partial charge in [-0.3, -0.25) is 0 Å². The fourth-order valence-corrected chi connectivity index (χ4v) is 4.81. The quantitative estimate of drug-likeness (QED) is 0.848. The van der Waals surface area contributed by atoms with E-state index in [1.54, 1.807) is 0 Å². The maximum Gasteiger partial charge on any atom is 0.242 e. The zero-order chi connectivity index (χ0) is 17.4. The standard InChI is InChI=1S/C17H17Cl2NO3S/c18-14-5-6-15(19)16(9-14)24(22,23)20-11-17(21)8-7-12-3-1-2-4-13(12)10-17/h1-6,9,20-21H,7-8,10-11H2. The number of nitrogens with one attached hydrogen (secondary N) is 1. The van der Waals surface area contributed by atoms with Crippen molar-refractivity contribution in [2.75, 3.05) is 6.54 Å². The monoisotopic (exact) mass is 385 g/mol. The molecule has 1 atom stereocenters. The van der Waals surface area contributed by atoms with E-state index in [2.05, 4.69) is 4.72 Å². The lowest BCUT2D eigenvalue weighted by atomic mass is 9.80. The third kappa shape index (κ3) is 3.76. The molecule has 1 aliphatic rings. The van der Waals surface area contributed by atoms with Crippen molar-refractivity contribution in [2.45, 2.75) is 29.8 Å². The fraction of sp³-hybridized carbons (Fsp3) is 0.294. The molecule has 0 fully saturated rings. The van der Waals surface area contributed by atoms with Crippen LogP contribution in [0.4, 0.5) is 0 Å². The van der Waals surface area contributed by atoms with Crippen LogP contribution in [0, 0.1) is 0 Å². The van der Waals surface area contributed by atoms with Gasteiger partial charge in [0.2, 0.25) is 10.0 Å². The zero-order valence-electron chi connectivity index (χ0n) is 12.8. The molecule has 3 rings (SSSR count). The lowest BCUT2D eigenvalue weighted by Crippen LogP contribution is -2.46. The number of hydrogen-bond acceptors (Lipinski definition) is 3. The first-order valence-corrected chi connectivity index (χ1v) is 9.77. The first-order chi connectivity index (χ1) is 11.3. The first-order valence-electron chi connectivity index (χ1n) is 7.53. The van der Waals surface area contributed by atoms with Crippen LogP contribution in [-0.2, 0) is 22.9 Å². The fourth-order valence-electron chi connectivity index (χ4n) is 2.93. The van der Waals surface area contributed by atoms with E-state index in [4.69, 9.17) is 23.2 Å². The van der Waals surface area contributed by atoms with Crippen molar-refractivity contribution < 1.29 is 13.5 Å². The maximum absolute atomic E-state index is 12.5. The highest BCUT2D eigenvalue weighted by atomic mass is 35.5. The second-order valence-electron chi connectivity index (χ2n) is 6.07. The van der Waals surface area contributed by atoms with Gasteiger partial charge in [0.25, 0.3) is 0 Å². The average molecular weight is 386 g/mol. The third-order valence-electron chi connectivity index (χ3n) is 4.27. The van der Waals surface area contributed by atoms with Crippen molar-refractivity contribution in [3.63, 3.8) is 0 Å². The Balaban J connectivity index is 1.77. The molecule has 0 bridgehead atoms. The van der Waals surface area contributed by atoms with Gasteiger partial charge in [0.15, 0.2) is 0 Å². The Hall–Kier alpha value is -1.11. The van der Waals surface area contributed by atoms with Gasteiger partial charge in [-0.25, -0.2) is 13.1 Å². The topological polar surface area (TPSA) is 66.4 Å². The van der Waals surface area contributed by atoms with Crippen molar-refractivity contribution in [1.29, 1.82) is 0 Å². The van der Waals surface area contributed by atoms with E-state index >= 15 is 0 Å². The summed E-state index contributed by atoms with van der Waals surface area (Å²) in [7, 11) is -3.85. The summed E-state index contributed by atoms with van der Waals surface area (Å²) in [6, 6.07) is 12.1. The van der Waals surface area contributed by atoms with Crippen LogP contribution in [-0.4, -0.2) is 25.7 Å². The Morgan fingerprint density at radius 1 is 1.12 bits per heavy atom. The zero-order valence-corrected chi connectivity index (χ0v) is 15.1. The molecule has 1 aliphatic carbocycles. The smallest absolute Gasteiger partial charge is 0.242 e. The summed E-state index contributed by atoms with van der Waals surface area (Å²) < 4.78 is 27.4. The van der Waals surface area contributed by atoms with E-state index in [-0.39, 0.29) is 21.5 Å². The SMILES string of the molecule is O=S(=O)(NCC1(O)CCc2ccccc2C1)c1cc(Cl)ccc1Cl. The summed E-state index contributed by atoms with van der Waals surface area (Å²) in [6.45, 7) is -0.0769. The van der Waals surface area contributed by atoms with Gasteiger partial charge in [-0.2, -0.15) is 0 Å². The minimum Gasteiger partial charge on any atom is -0.388 e. The van der Waals surface area contributed by atoms with Gasteiger partial charge in [-0.15, -0.1) is 0 Å². The Bertz CT molecular complexity index is 870. The van der Waals surface area contributed by atoms with Gasteiger partial charge < -0.3 is 5.11 Å². The van der Waals surface area contributed by atoms with Crippen molar-refractivity contribution in [3.8, 4) is 0 Å². The van der Waals surface area contributed by atoms with E-state index in [1.807, 2.05) is 24.3 Å². The van der Waals surface area contributed by atoms with Gasteiger partial charge in [-0.05, 0) is 42.2 Å².